The first-order valence-electron chi connectivity index (χ1n) is 6.61. The van der Waals surface area contributed by atoms with Crippen molar-refractivity contribution in [3.8, 4) is 0 Å². The average molecular weight is 306 g/mol. The van der Waals surface area contributed by atoms with Gasteiger partial charge in [-0.2, -0.15) is 8.42 Å². The summed E-state index contributed by atoms with van der Waals surface area (Å²) in [5.41, 5.74) is 2.13. The number of sulfonamides is 1. The van der Waals surface area contributed by atoms with Crippen molar-refractivity contribution in [3.05, 3.63) is 53.7 Å². The molecule has 21 heavy (non-hydrogen) atoms. The van der Waals surface area contributed by atoms with Gasteiger partial charge in [0, 0.05) is 11.9 Å². The molecule has 112 valence electrons. The van der Waals surface area contributed by atoms with E-state index in [1.165, 1.54) is 18.3 Å². The smallest absolute Gasteiger partial charge is 0.279 e. The maximum Gasteiger partial charge on any atom is 0.279 e. The molecule has 0 amide bonds. The number of hydrogen-bond donors (Lipinski definition) is 2. The van der Waals surface area contributed by atoms with Crippen molar-refractivity contribution in [3.63, 3.8) is 0 Å². The predicted molar refractivity (Wildman–Crippen MR) is 81.5 cm³/mol. The van der Waals surface area contributed by atoms with Crippen molar-refractivity contribution in [1.29, 1.82) is 0 Å². The van der Waals surface area contributed by atoms with Gasteiger partial charge in [0.25, 0.3) is 10.0 Å². The van der Waals surface area contributed by atoms with E-state index < -0.39 is 10.0 Å². The number of hydrogen-bond acceptors (Lipinski definition) is 4. The fourth-order valence-electron chi connectivity index (χ4n) is 1.83. The van der Waals surface area contributed by atoms with Crippen LogP contribution in [-0.2, 0) is 16.6 Å². The molecule has 2 rings (SSSR count). The summed E-state index contributed by atoms with van der Waals surface area (Å²) in [5.74, 6) is 0.316. The Morgan fingerprint density at radius 3 is 2.57 bits per heavy atom. The summed E-state index contributed by atoms with van der Waals surface area (Å²) in [6.45, 7) is 3.92. The first kappa shape index (κ1) is 15.5. The summed E-state index contributed by atoms with van der Waals surface area (Å²) in [5, 5.41) is 8.87. The minimum absolute atomic E-state index is 0.0744. The van der Waals surface area contributed by atoms with Crippen LogP contribution in [0.1, 0.15) is 30.9 Å². The van der Waals surface area contributed by atoms with E-state index in [0.717, 1.165) is 5.56 Å². The van der Waals surface area contributed by atoms with Crippen molar-refractivity contribution in [2.75, 3.05) is 4.72 Å². The van der Waals surface area contributed by atoms with Crippen LogP contribution in [-0.4, -0.2) is 18.5 Å². The highest BCUT2D eigenvalue weighted by Crippen LogP contribution is 2.20. The minimum Gasteiger partial charge on any atom is -0.392 e. The van der Waals surface area contributed by atoms with Gasteiger partial charge >= 0.3 is 0 Å². The van der Waals surface area contributed by atoms with Crippen molar-refractivity contribution in [2.24, 2.45) is 0 Å². The van der Waals surface area contributed by atoms with Crippen molar-refractivity contribution in [1.82, 2.24) is 4.98 Å². The molecule has 0 aliphatic rings. The molecule has 2 aromatic rings. The molecule has 0 bridgehead atoms. The average Bonchev–Trinajstić information content (AvgIpc) is 2.47. The van der Waals surface area contributed by atoms with Crippen LogP contribution in [0.5, 0.6) is 0 Å². The lowest BCUT2D eigenvalue weighted by molar-refractivity contribution is 0.281. The van der Waals surface area contributed by atoms with E-state index in [-0.39, 0.29) is 11.6 Å². The second-order valence-corrected chi connectivity index (χ2v) is 6.68. The Kier molecular flexibility index (Phi) is 4.59. The zero-order valence-electron chi connectivity index (χ0n) is 11.9. The summed E-state index contributed by atoms with van der Waals surface area (Å²) in [6, 6.07) is 10.2. The SMILES string of the molecule is CC(C)c1cccc(NS(=O)(=O)c2ccc(CO)cn2)c1. The highest BCUT2D eigenvalue weighted by atomic mass is 32.2. The molecule has 0 unspecified atom stereocenters. The standard InChI is InChI=1S/C15H18N2O3S/c1-11(2)13-4-3-5-14(8-13)17-21(19,20)15-7-6-12(10-18)9-16-15/h3-9,11,17-18H,10H2,1-2H3. The first-order valence-corrected chi connectivity index (χ1v) is 8.09. The predicted octanol–water partition coefficient (Wildman–Crippen LogP) is 2.50. The molecule has 0 saturated carbocycles. The van der Waals surface area contributed by atoms with E-state index in [9.17, 15) is 8.42 Å². The summed E-state index contributed by atoms with van der Waals surface area (Å²) < 4.78 is 27.0. The van der Waals surface area contributed by atoms with E-state index in [1.54, 1.807) is 6.07 Å². The molecule has 2 N–H and O–H groups in total. The molecule has 5 nitrogen and oxygen atoms in total. The zero-order valence-corrected chi connectivity index (χ0v) is 12.8. The topological polar surface area (TPSA) is 79.3 Å². The van der Waals surface area contributed by atoms with Gasteiger partial charge in [-0.15, -0.1) is 0 Å². The van der Waals surface area contributed by atoms with E-state index in [1.807, 2.05) is 32.0 Å². The maximum absolute atomic E-state index is 12.2. The number of rotatable bonds is 5. The van der Waals surface area contributed by atoms with Gasteiger partial charge in [0.15, 0.2) is 5.03 Å². The fraction of sp³-hybridized carbons (Fsp3) is 0.267. The Hall–Kier alpha value is -1.92. The van der Waals surface area contributed by atoms with Gasteiger partial charge in [-0.3, -0.25) is 4.72 Å². The van der Waals surface area contributed by atoms with E-state index in [4.69, 9.17) is 5.11 Å². The van der Waals surface area contributed by atoms with Crippen LogP contribution < -0.4 is 4.72 Å². The minimum atomic E-state index is -3.72. The van der Waals surface area contributed by atoms with Crippen LogP contribution in [0.25, 0.3) is 0 Å². The molecule has 1 aromatic heterocycles. The second-order valence-electron chi connectivity index (χ2n) is 5.05. The second kappa shape index (κ2) is 6.24. The molecular formula is C15H18N2O3S. The van der Waals surface area contributed by atoms with Crippen LogP contribution in [0, 0.1) is 0 Å². The van der Waals surface area contributed by atoms with Gasteiger partial charge in [0.2, 0.25) is 0 Å². The molecule has 0 fully saturated rings. The van der Waals surface area contributed by atoms with Crippen LogP contribution in [0.2, 0.25) is 0 Å². The molecular weight excluding hydrogens is 288 g/mol. The zero-order chi connectivity index (χ0) is 15.5. The Bertz CT molecular complexity index is 710. The lowest BCUT2D eigenvalue weighted by Gasteiger charge is -2.10. The van der Waals surface area contributed by atoms with Crippen LogP contribution in [0.15, 0.2) is 47.6 Å². The molecule has 0 aliphatic carbocycles. The molecule has 1 aromatic carbocycles. The quantitative estimate of drug-likeness (QED) is 0.889. The third kappa shape index (κ3) is 3.80. The number of aliphatic hydroxyl groups is 1. The lowest BCUT2D eigenvalue weighted by atomic mass is 10.0. The van der Waals surface area contributed by atoms with Gasteiger partial charge in [0.1, 0.15) is 0 Å². The molecule has 0 atom stereocenters. The molecule has 6 heteroatoms. The number of nitrogens with zero attached hydrogens (tertiary/aromatic N) is 1. The Morgan fingerprint density at radius 1 is 1.24 bits per heavy atom. The molecule has 1 heterocycles. The molecule has 0 spiro atoms. The highest BCUT2D eigenvalue weighted by Gasteiger charge is 2.16. The van der Waals surface area contributed by atoms with E-state index >= 15 is 0 Å². The van der Waals surface area contributed by atoms with Crippen molar-refractivity contribution in [2.45, 2.75) is 31.4 Å². The lowest BCUT2D eigenvalue weighted by Crippen LogP contribution is -2.14. The van der Waals surface area contributed by atoms with Gasteiger partial charge in [-0.1, -0.05) is 32.0 Å². The molecule has 0 radical (unpaired) electrons. The van der Waals surface area contributed by atoms with Gasteiger partial charge in [0.05, 0.1) is 6.61 Å². The number of pyridine rings is 1. The van der Waals surface area contributed by atoms with E-state index in [2.05, 4.69) is 9.71 Å². The van der Waals surface area contributed by atoms with Crippen LogP contribution in [0.4, 0.5) is 5.69 Å². The Morgan fingerprint density at radius 2 is 2.00 bits per heavy atom. The van der Waals surface area contributed by atoms with Crippen LogP contribution in [0.3, 0.4) is 0 Å². The van der Waals surface area contributed by atoms with Gasteiger partial charge < -0.3 is 5.11 Å². The number of anilines is 1. The summed E-state index contributed by atoms with van der Waals surface area (Å²) in [7, 11) is -3.72. The van der Waals surface area contributed by atoms with Crippen molar-refractivity contribution >= 4 is 15.7 Å². The van der Waals surface area contributed by atoms with Crippen LogP contribution >= 0.6 is 0 Å². The molecule has 0 aliphatic heterocycles. The molecule has 0 saturated heterocycles. The maximum atomic E-state index is 12.2. The first-order chi connectivity index (χ1) is 9.92. The normalized spacial score (nSPS) is 11.6. The number of nitrogens with one attached hydrogen (secondary N) is 1. The summed E-state index contributed by atoms with van der Waals surface area (Å²) in [6.07, 6.45) is 1.35. The monoisotopic (exact) mass is 306 g/mol. The number of aromatic nitrogens is 1. The Labute approximate surface area is 124 Å². The summed E-state index contributed by atoms with van der Waals surface area (Å²) >= 11 is 0. The fourth-order valence-corrected chi connectivity index (χ4v) is 2.81. The largest absolute Gasteiger partial charge is 0.392 e. The van der Waals surface area contributed by atoms with Gasteiger partial charge in [-0.25, -0.2) is 4.98 Å². The summed E-state index contributed by atoms with van der Waals surface area (Å²) in [4.78, 5) is 3.86. The third-order valence-electron chi connectivity index (χ3n) is 3.06. The van der Waals surface area contributed by atoms with E-state index in [0.29, 0.717) is 17.2 Å². The third-order valence-corrected chi connectivity index (χ3v) is 4.36. The van der Waals surface area contributed by atoms with Crippen molar-refractivity contribution < 1.29 is 13.5 Å². The number of benzene rings is 1. The Balaban J connectivity index is 2.26. The highest BCUT2D eigenvalue weighted by molar-refractivity contribution is 7.92. The number of aliphatic hydroxyl groups excluding tert-OH is 1. The van der Waals surface area contributed by atoms with Gasteiger partial charge in [-0.05, 0) is 35.2 Å².